The maximum absolute atomic E-state index is 14.1. The van der Waals surface area contributed by atoms with Gasteiger partial charge in [0, 0.05) is 44.8 Å². The van der Waals surface area contributed by atoms with Gasteiger partial charge in [-0.2, -0.15) is 20.0 Å². The van der Waals surface area contributed by atoms with Crippen LogP contribution in [0.3, 0.4) is 0 Å². The molecule has 2 aromatic heterocycles. The molecule has 1 unspecified atom stereocenters. The van der Waals surface area contributed by atoms with E-state index in [2.05, 4.69) is 64.9 Å². The molecule has 2 fully saturated rings. The third-order valence-electron chi connectivity index (χ3n) is 8.78. The monoisotopic (exact) mass is 541 g/mol. The van der Waals surface area contributed by atoms with E-state index in [1.54, 1.807) is 6.20 Å². The number of anilines is 2. The Kier molecular flexibility index (Phi) is 6.97. The van der Waals surface area contributed by atoms with E-state index < -0.39 is 0 Å². The zero-order chi connectivity index (χ0) is 28.0. The van der Waals surface area contributed by atoms with Crippen LogP contribution in [0.1, 0.15) is 45.2 Å². The quantitative estimate of drug-likeness (QED) is 0.483. The minimum atomic E-state index is -0.218. The van der Waals surface area contributed by atoms with E-state index in [9.17, 15) is 10.1 Å². The highest BCUT2D eigenvalue weighted by molar-refractivity contribution is 5.89. The lowest BCUT2D eigenvalue weighted by Gasteiger charge is -2.45. The van der Waals surface area contributed by atoms with Crippen LogP contribution in [-0.2, 0) is 12.8 Å². The third kappa shape index (κ3) is 4.71. The highest BCUT2D eigenvalue weighted by Gasteiger charge is 2.34. The molecule has 0 saturated carbocycles. The Hall–Kier alpha value is -3.55. The number of piperazine rings is 1. The number of likely N-dealkylation sites (N-methyl/N-ethyl adjacent to an activating group) is 1. The number of hydrogen-bond donors (Lipinski definition) is 1. The molecule has 6 rings (SSSR count). The van der Waals surface area contributed by atoms with Crippen LogP contribution in [0.2, 0.25) is 0 Å². The van der Waals surface area contributed by atoms with Crippen LogP contribution >= 0.6 is 0 Å². The van der Waals surface area contributed by atoms with Crippen LogP contribution in [-0.4, -0.2) is 82.5 Å². The molecule has 1 aromatic carbocycles. The van der Waals surface area contributed by atoms with Crippen molar-refractivity contribution in [2.24, 2.45) is 5.41 Å². The van der Waals surface area contributed by atoms with Crippen molar-refractivity contribution in [1.82, 2.24) is 30.0 Å². The fourth-order valence-corrected chi connectivity index (χ4v) is 6.65. The van der Waals surface area contributed by atoms with Crippen LogP contribution in [0.5, 0.6) is 0 Å². The summed E-state index contributed by atoms with van der Waals surface area (Å²) in [7, 11) is 0. The summed E-state index contributed by atoms with van der Waals surface area (Å²) < 4.78 is 1.54. The first-order chi connectivity index (χ1) is 19.3. The lowest BCUT2D eigenvalue weighted by atomic mass is 9.90. The number of hydrogen-bond acceptors (Lipinski definition) is 9. The molecular weight excluding hydrogens is 502 g/mol. The Morgan fingerprint density at radius 2 is 1.93 bits per heavy atom. The van der Waals surface area contributed by atoms with E-state index in [0.717, 1.165) is 63.6 Å². The average Bonchev–Trinajstić information content (AvgIpc) is 3.25. The van der Waals surface area contributed by atoms with E-state index in [0.29, 0.717) is 35.9 Å². The standard InChI is InChI=1S/C30H39N9O/c1-5-36(6-2)22-18-38(19-22)29-34-26-24(27(35-29)37-13-12-32-21(17-37)10-11-31)16-33-39(28(26)40)25-9-7-8-20-14-30(3,4)15-23(20)25/h7-9,16,21-22,32H,5-6,10,12-15,17-19H2,1-4H3. The summed E-state index contributed by atoms with van der Waals surface area (Å²) in [5.41, 5.74) is 3.66. The van der Waals surface area contributed by atoms with Gasteiger partial charge in [0.2, 0.25) is 5.95 Å². The molecule has 10 heteroatoms. The summed E-state index contributed by atoms with van der Waals surface area (Å²) in [6.07, 6.45) is 4.08. The molecule has 0 bridgehead atoms. The molecule has 210 valence electrons. The predicted molar refractivity (Wildman–Crippen MR) is 157 cm³/mol. The van der Waals surface area contributed by atoms with Gasteiger partial charge in [-0.15, -0.1) is 0 Å². The van der Waals surface area contributed by atoms with E-state index in [4.69, 9.17) is 9.97 Å². The van der Waals surface area contributed by atoms with Crippen molar-refractivity contribution in [2.75, 3.05) is 55.6 Å². The number of benzene rings is 1. The molecule has 4 heterocycles. The van der Waals surface area contributed by atoms with Gasteiger partial charge in [-0.05, 0) is 48.5 Å². The van der Waals surface area contributed by atoms with Crippen LogP contribution < -0.4 is 20.7 Å². The van der Waals surface area contributed by atoms with Crippen molar-refractivity contribution in [3.8, 4) is 11.8 Å². The Morgan fingerprint density at radius 3 is 2.67 bits per heavy atom. The normalized spacial score (nSPS) is 20.6. The maximum atomic E-state index is 14.1. The predicted octanol–water partition coefficient (Wildman–Crippen LogP) is 2.52. The van der Waals surface area contributed by atoms with Crippen LogP contribution in [0, 0.1) is 16.7 Å². The van der Waals surface area contributed by atoms with E-state index in [1.165, 1.54) is 15.8 Å². The zero-order valence-electron chi connectivity index (χ0n) is 24.0. The Labute approximate surface area is 235 Å². The summed E-state index contributed by atoms with van der Waals surface area (Å²) in [4.78, 5) is 30.9. The van der Waals surface area contributed by atoms with E-state index >= 15 is 0 Å². The van der Waals surface area contributed by atoms with Gasteiger partial charge in [0.1, 0.15) is 11.3 Å². The second kappa shape index (κ2) is 10.5. The van der Waals surface area contributed by atoms with Gasteiger partial charge >= 0.3 is 0 Å². The first kappa shape index (κ1) is 26.7. The van der Waals surface area contributed by atoms with Crippen molar-refractivity contribution < 1.29 is 0 Å². The third-order valence-corrected chi connectivity index (χ3v) is 8.78. The van der Waals surface area contributed by atoms with Gasteiger partial charge in [-0.1, -0.05) is 39.8 Å². The van der Waals surface area contributed by atoms with Crippen molar-refractivity contribution in [3.05, 3.63) is 45.9 Å². The molecule has 3 aliphatic rings. The van der Waals surface area contributed by atoms with Crippen molar-refractivity contribution in [3.63, 3.8) is 0 Å². The van der Waals surface area contributed by atoms with Gasteiger partial charge in [-0.25, -0.2) is 4.98 Å². The van der Waals surface area contributed by atoms with E-state index in [1.807, 2.05) is 12.1 Å². The van der Waals surface area contributed by atoms with Gasteiger partial charge < -0.3 is 15.1 Å². The molecule has 2 saturated heterocycles. The highest BCUT2D eigenvalue weighted by atomic mass is 16.1. The summed E-state index contributed by atoms with van der Waals surface area (Å²) in [5, 5.41) is 18.1. The number of aromatic nitrogens is 4. The van der Waals surface area contributed by atoms with Crippen LogP contribution in [0.15, 0.2) is 29.2 Å². The fraction of sp³-hybridized carbons (Fsp3) is 0.567. The maximum Gasteiger partial charge on any atom is 0.298 e. The molecule has 0 amide bonds. The number of nitriles is 1. The molecule has 1 aliphatic carbocycles. The van der Waals surface area contributed by atoms with Crippen molar-refractivity contribution in [1.29, 1.82) is 5.26 Å². The lowest BCUT2D eigenvalue weighted by molar-refractivity contribution is 0.182. The molecular formula is C30H39N9O. The van der Waals surface area contributed by atoms with Gasteiger partial charge in [0.05, 0.1) is 29.8 Å². The SMILES string of the molecule is CCN(CC)C1CN(c2nc(N3CCNC(CC#N)C3)c3cnn(-c4cccc5c4CC(C)(C)C5)c(=O)c3n2)C1. The minimum Gasteiger partial charge on any atom is -0.353 e. The Bertz CT molecular complexity index is 1510. The second-order valence-electron chi connectivity index (χ2n) is 12.1. The summed E-state index contributed by atoms with van der Waals surface area (Å²) in [6.45, 7) is 14.7. The second-order valence-corrected chi connectivity index (χ2v) is 12.1. The molecule has 2 aliphatic heterocycles. The van der Waals surface area contributed by atoms with Gasteiger partial charge in [-0.3, -0.25) is 9.69 Å². The topological polar surface area (TPSA) is 106 Å². The molecule has 1 N–H and O–H groups in total. The summed E-state index contributed by atoms with van der Waals surface area (Å²) in [5.74, 6) is 1.32. The Morgan fingerprint density at radius 1 is 1.12 bits per heavy atom. The Balaban J connectivity index is 1.45. The first-order valence-corrected chi connectivity index (χ1v) is 14.6. The number of nitrogens with zero attached hydrogens (tertiary/aromatic N) is 8. The largest absolute Gasteiger partial charge is 0.353 e. The number of fused-ring (bicyclic) bond motifs is 2. The van der Waals surface area contributed by atoms with Crippen molar-refractivity contribution in [2.45, 2.75) is 59.0 Å². The lowest BCUT2D eigenvalue weighted by Crippen LogP contribution is -2.60. The smallest absolute Gasteiger partial charge is 0.298 e. The zero-order valence-corrected chi connectivity index (χ0v) is 24.0. The molecule has 40 heavy (non-hydrogen) atoms. The summed E-state index contributed by atoms with van der Waals surface area (Å²) in [6, 6.07) is 8.97. The average molecular weight is 542 g/mol. The highest BCUT2D eigenvalue weighted by Crippen LogP contribution is 2.38. The van der Waals surface area contributed by atoms with Gasteiger partial charge in [0.25, 0.3) is 5.56 Å². The molecule has 0 spiro atoms. The summed E-state index contributed by atoms with van der Waals surface area (Å²) >= 11 is 0. The molecule has 10 nitrogen and oxygen atoms in total. The minimum absolute atomic E-state index is 0.0480. The molecule has 3 aromatic rings. The van der Waals surface area contributed by atoms with Crippen LogP contribution in [0.25, 0.3) is 16.6 Å². The molecule has 1 atom stereocenters. The molecule has 0 radical (unpaired) electrons. The number of nitrogens with one attached hydrogen (secondary N) is 1. The van der Waals surface area contributed by atoms with E-state index in [-0.39, 0.29) is 17.0 Å². The van der Waals surface area contributed by atoms with Gasteiger partial charge in [0.15, 0.2) is 0 Å². The van der Waals surface area contributed by atoms with Crippen molar-refractivity contribution >= 4 is 22.7 Å². The van der Waals surface area contributed by atoms with Crippen LogP contribution in [0.4, 0.5) is 11.8 Å². The first-order valence-electron chi connectivity index (χ1n) is 14.6. The number of rotatable bonds is 7. The fourth-order valence-electron chi connectivity index (χ4n) is 6.65.